The molecular formula is C25H31N5O3S. The highest BCUT2D eigenvalue weighted by atomic mass is 32.2. The number of hydrogen-bond donors (Lipinski definition) is 0. The van der Waals surface area contributed by atoms with Crippen LogP contribution in [-0.4, -0.2) is 64.7 Å². The summed E-state index contributed by atoms with van der Waals surface area (Å²) in [6, 6.07) is 12.9. The summed E-state index contributed by atoms with van der Waals surface area (Å²) in [5.74, 6) is 0.438. The molecule has 0 unspecified atom stereocenters. The van der Waals surface area contributed by atoms with Crippen LogP contribution in [0.5, 0.6) is 0 Å². The Bertz CT molecular complexity index is 1270. The van der Waals surface area contributed by atoms with E-state index in [0.717, 1.165) is 5.52 Å². The molecule has 2 aliphatic rings. The standard InChI is InChI=1S/C25H31N5O3S/c1-2-30-24-13-10-21(18-23(24)26-27-30)25(31)28-14-16-29(17-15-28)34(32,33)22-11-8-20(9-12-22)19-6-4-3-5-7-19/h8-13,18-19H,2-7,14-17H2,1H3. The molecule has 1 aliphatic heterocycles. The lowest BCUT2D eigenvalue weighted by molar-refractivity contribution is 0.0698. The van der Waals surface area contributed by atoms with Crippen molar-refractivity contribution in [2.45, 2.75) is 56.4 Å². The van der Waals surface area contributed by atoms with E-state index in [1.54, 1.807) is 33.8 Å². The zero-order valence-electron chi connectivity index (χ0n) is 19.6. The largest absolute Gasteiger partial charge is 0.336 e. The number of sulfonamides is 1. The molecule has 34 heavy (non-hydrogen) atoms. The molecule has 8 nitrogen and oxygen atoms in total. The van der Waals surface area contributed by atoms with Crippen molar-refractivity contribution in [1.82, 2.24) is 24.2 Å². The van der Waals surface area contributed by atoms with Crippen LogP contribution in [0.2, 0.25) is 0 Å². The third-order valence-corrected chi connectivity index (χ3v) is 9.09. The molecule has 1 amide bonds. The molecule has 1 aliphatic carbocycles. The summed E-state index contributed by atoms with van der Waals surface area (Å²) in [5.41, 5.74) is 3.37. The maximum atomic E-state index is 13.2. The molecule has 0 bridgehead atoms. The molecule has 2 fully saturated rings. The van der Waals surface area contributed by atoms with Crippen LogP contribution in [-0.2, 0) is 16.6 Å². The number of piperazine rings is 1. The van der Waals surface area contributed by atoms with Crippen LogP contribution in [0.1, 0.15) is 60.9 Å². The summed E-state index contributed by atoms with van der Waals surface area (Å²) in [6.45, 7) is 3.99. The minimum absolute atomic E-state index is 0.109. The van der Waals surface area contributed by atoms with Crippen LogP contribution in [0.3, 0.4) is 0 Å². The fourth-order valence-corrected chi connectivity index (χ4v) is 6.57. The first-order valence-electron chi connectivity index (χ1n) is 12.2. The van der Waals surface area contributed by atoms with Crippen LogP contribution in [0.25, 0.3) is 11.0 Å². The lowest BCUT2D eigenvalue weighted by Crippen LogP contribution is -2.50. The van der Waals surface area contributed by atoms with E-state index in [0.29, 0.717) is 41.5 Å². The lowest BCUT2D eigenvalue weighted by Gasteiger charge is -2.34. The highest BCUT2D eigenvalue weighted by molar-refractivity contribution is 7.89. The summed E-state index contributed by atoms with van der Waals surface area (Å²) >= 11 is 0. The zero-order chi connectivity index (χ0) is 23.7. The van der Waals surface area contributed by atoms with Crippen LogP contribution < -0.4 is 0 Å². The molecule has 0 N–H and O–H groups in total. The van der Waals surface area contributed by atoms with Gasteiger partial charge in [0.1, 0.15) is 5.52 Å². The Kier molecular flexibility index (Phi) is 6.40. The average molecular weight is 482 g/mol. The van der Waals surface area contributed by atoms with Gasteiger partial charge in [-0.2, -0.15) is 4.31 Å². The molecule has 1 saturated heterocycles. The van der Waals surface area contributed by atoms with Crippen molar-refractivity contribution in [2.24, 2.45) is 0 Å². The molecule has 5 rings (SSSR count). The molecule has 1 aromatic heterocycles. The number of hydrogen-bond acceptors (Lipinski definition) is 5. The van der Waals surface area contributed by atoms with Gasteiger partial charge in [-0.3, -0.25) is 4.79 Å². The average Bonchev–Trinajstić information content (AvgIpc) is 3.31. The van der Waals surface area contributed by atoms with Crippen molar-refractivity contribution in [3.63, 3.8) is 0 Å². The van der Waals surface area contributed by atoms with Gasteiger partial charge in [-0.05, 0) is 61.6 Å². The number of amides is 1. The quantitative estimate of drug-likeness (QED) is 0.555. The molecule has 3 aromatic rings. The van der Waals surface area contributed by atoms with Gasteiger partial charge in [0.25, 0.3) is 5.91 Å². The minimum Gasteiger partial charge on any atom is -0.336 e. The second kappa shape index (κ2) is 9.46. The molecule has 180 valence electrons. The summed E-state index contributed by atoms with van der Waals surface area (Å²) < 4.78 is 29.7. The Hall–Kier alpha value is -2.78. The van der Waals surface area contributed by atoms with E-state index in [1.165, 1.54) is 42.0 Å². The maximum absolute atomic E-state index is 13.2. The summed E-state index contributed by atoms with van der Waals surface area (Å²) in [7, 11) is -3.58. The Morgan fingerprint density at radius 1 is 0.971 bits per heavy atom. The number of benzene rings is 2. The Morgan fingerprint density at radius 2 is 1.68 bits per heavy atom. The second-order valence-corrected chi connectivity index (χ2v) is 11.1. The number of nitrogens with zero attached hydrogens (tertiary/aromatic N) is 5. The molecule has 0 atom stereocenters. The number of carbonyl (C=O) groups is 1. The van der Waals surface area contributed by atoms with Gasteiger partial charge in [-0.15, -0.1) is 5.10 Å². The number of aryl methyl sites for hydroxylation is 1. The van der Waals surface area contributed by atoms with Gasteiger partial charge >= 0.3 is 0 Å². The Morgan fingerprint density at radius 3 is 2.35 bits per heavy atom. The van der Waals surface area contributed by atoms with Crippen LogP contribution in [0, 0.1) is 0 Å². The van der Waals surface area contributed by atoms with Gasteiger partial charge in [0, 0.05) is 38.3 Å². The van der Waals surface area contributed by atoms with Crippen molar-refractivity contribution in [3.05, 3.63) is 53.6 Å². The van der Waals surface area contributed by atoms with Crippen molar-refractivity contribution in [1.29, 1.82) is 0 Å². The van der Waals surface area contributed by atoms with Crippen molar-refractivity contribution in [3.8, 4) is 0 Å². The number of aromatic nitrogens is 3. The fourth-order valence-electron chi connectivity index (χ4n) is 5.15. The third-order valence-electron chi connectivity index (χ3n) is 7.18. The van der Waals surface area contributed by atoms with Gasteiger partial charge in [0.2, 0.25) is 10.0 Å². The van der Waals surface area contributed by atoms with Gasteiger partial charge in [0.05, 0.1) is 10.4 Å². The highest BCUT2D eigenvalue weighted by Gasteiger charge is 2.31. The summed E-state index contributed by atoms with van der Waals surface area (Å²) in [4.78, 5) is 15.1. The summed E-state index contributed by atoms with van der Waals surface area (Å²) in [5, 5.41) is 8.24. The van der Waals surface area contributed by atoms with Gasteiger partial charge in [0.15, 0.2) is 0 Å². The van der Waals surface area contributed by atoms with Crippen molar-refractivity contribution < 1.29 is 13.2 Å². The van der Waals surface area contributed by atoms with Crippen molar-refractivity contribution in [2.75, 3.05) is 26.2 Å². The fraction of sp³-hybridized carbons (Fsp3) is 0.480. The number of rotatable bonds is 5. The third kappa shape index (κ3) is 4.34. The predicted octanol–water partition coefficient (Wildman–Crippen LogP) is 3.65. The lowest BCUT2D eigenvalue weighted by atomic mass is 9.84. The topological polar surface area (TPSA) is 88.4 Å². The van der Waals surface area contributed by atoms with E-state index in [-0.39, 0.29) is 19.0 Å². The van der Waals surface area contributed by atoms with E-state index in [9.17, 15) is 13.2 Å². The highest BCUT2D eigenvalue weighted by Crippen LogP contribution is 2.33. The molecule has 2 heterocycles. The monoisotopic (exact) mass is 481 g/mol. The summed E-state index contributed by atoms with van der Waals surface area (Å²) in [6.07, 6.45) is 6.17. The molecule has 0 radical (unpaired) electrons. The molecule has 2 aromatic carbocycles. The molecular weight excluding hydrogens is 450 g/mol. The molecule has 0 spiro atoms. The normalized spacial score (nSPS) is 18.4. The van der Waals surface area contributed by atoms with Crippen LogP contribution >= 0.6 is 0 Å². The van der Waals surface area contributed by atoms with E-state index < -0.39 is 10.0 Å². The Labute approximate surface area is 200 Å². The predicted molar refractivity (Wildman–Crippen MR) is 130 cm³/mol. The first-order valence-corrected chi connectivity index (χ1v) is 13.6. The van der Waals surface area contributed by atoms with Gasteiger partial charge < -0.3 is 4.90 Å². The zero-order valence-corrected chi connectivity index (χ0v) is 20.4. The first-order chi connectivity index (χ1) is 16.5. The van der Waals surface area contributed by atoms with Gasteiger partial charge in [-0.25, -0.2) is 13.1 Å². The second-order valence-electron chi connectivity index (χ2n) is 9.21. The molecule has 1 saturated carbocycles. The van der Waals surface area contributed by atoms with E-state index in [4.69, 9.17) is 0 Å². The SMILES string of the molecule is CCn1nnc2cc(C(=O)N3CCN(S(=O)(=O)c4ccc(C5CCCCC5)cc4)CC3)ccc21. The smallest absolute Gasteiger partial charge is 0.254 e. The number of carbonyl (C=O) groups excluding carboxylic acids is 1. The van der Waals surface area contributed by atoms with Crippen molar-refractivity contribution >= 4 is 27.0 Å². The van der Waals surface area contributed by atoms with Gasteiger partial charge in [-0.1, -0.05) is 36.6 Å². The van der Waals surface area contributed by atoms with Crippen LogP contribution in [0.15, 0.2) is 47.4 Å². The maximum Gasteiger partial charge on any atom is 0.254 e. The number of fused-ring (bicyclic) bond motifs is 1. The minimum atomic E-state index is -3.58. The van der Waals surface area contributed by atoms with E-state index in [2.05, 4.69) is 10.3 Å². The van der Waals surface area contributed by atoms with E-state index >= 15 is 0 Å². The van der Waals surface area contributed by atoms with Crippen LogP contribution in [0.4, 0.5) is 0 Å². The molecule has 9 heteroatoms. The Balaban J connectivity index is 1.24. The van der Waals surface area contributed by atoms with E-state index in [1.807, 2.05) is 25.1 Å². The first kappa shape index (κ1) is 23.0.